The lowest BCUT2D eigenvalue weighted by atomic mass is 10.0. The van der Waals surface area contributed by atoms with Crippen LogP contribution in [0, 0.1) is 12.8 Å². The van der Waals surface area contributed by atoms with E-state index in [0.29, 0.717) is 6.54 Å². The molecule has 3 N–H and O–H groups in total. The summed E-state index contributed by atoms with van der Waals surface area (Å²) in [6, 6.07) is 1.49. The first-order valence-electron chi connectivity index (χ1n) is 5.32. The van der Waals surface area contributed by atoms with Crippen LogP contribution in [-0.4, -0.2) is 21.9 Å². The largest absolute Gasteiger partial charge is 0.368 e. The van der Waals surface area contributed by atoms with Gasteiger partial charge >= 0.3 is 0 Å². The van der Waals surface area contributed by atoms with Gasteiger partial charge in [0.2, 0.25) is 5.91 Å². The van der Waals surface area contributed by atoms with Gasteiger partial charge in [-0.3, -0.25) is 10.1 Å². The van der Waals surface area contributed by atoms with Crippen LogP contribution in [0.25, 0.3) is 0 Å². The monoisotopic (exact) mass is 222 g/mol. The number of carbonyl (C=O) groups is 1. The number of hydrogen-bond donors (Lipinski definition) is 2. The molecule has 0 bridgehead atoms. The van der Waals surface area contributed by atoms with Crippen LogP contribution in [0.5, 0.6) is 0 Å². The highest BCUT2D eigenvalue weighted by atomic mass is 16.1. The third-order valence-corrected chi connectivity index (χ3v) is 2.31. The summed E-state index contributed by atoms with van der Waals surface area (Å²) in [5.41, 5.74) is 6.16. The number of aromatic nitrogens is 2. The summed E-state index contributed by atoms with van der Waals surface area (Å²) >= 11 is 0. The summed E-state index contributed by atoms with van der Waals surface area (Å²) < 4.78 is 0. The maximum absolute atomic E-state index is 11.2. The van der Waals surface area contributed by atoms with Crippen molar-refractivity contribution in [2.24, 2.45) is 11.7 Å². The van der Waals surface area contributed by atoms with E-state index >= 15 is 0 Å². The number of nitrogens with one attached hydrogen (secondary N) is 1. The standard InChI is InChI=1S/C11H18N4O/c1-7(2)10(11(12)16)14-6-9-4-5-13-8(3)15-9/h4-5,7,10,14H,6H2,1-3H3,(H2,12,16). The number of carbonyl (C=O) groups excluding carboxylic acids is 1. The lowest BCUT2D eigenvalue weighted by Gasteiger charge is -2.18. The SMILES string of the molecule is Cc1nccc(CNC(C(N)=O)C(C)C)n1. The second-order valence-corrected chi connectivity index (χ2v) is 4.10. The van der Waals surface area contributed by atoms with Crippen molar-refractivity contribution in [1.82, 2.24) is 15.3 Å². The van der Waals surface area contributed by atoms with Crippen LogP contribution in [0.4, 0.5) is 0 Å². The molecule has 1 heterocycles. The molecule has 0 radical (unpaired) electrons. The smallest absolute Gasteiger partial charge is 0.234 e. The lowest BCUT2D eigenvalue weighted by molar-refractivity contribution is -0.121. The Hall–Kier alpha value is -1.49. The van der Waals surface area contributed by atoms with E-state index in [1.165, 1.54) is 0 Å². The molecule has 5 nitrogen and oxygen atoms in total. The average molecular weight is 222 g/mol. The molecule has 0 aliphatic heterocycles. The van der Waals surface area contributed by atoms with Crippen molar-refractivity contribution in [3.8, 4) is 0 Å². The van der Waals surface area contributed by atoms with E-state index < -0.39 is 0 Å². The van der Waals surface area contributed by atoms with Gasteiger partial charge in [0.05, 0.1) is 11.7 Å². The quantitative estimate of drug-likeness (QED) is 0.755. The summed E-state index contributed by atoms with van der Waals surface area (Å²) in [6.07, 6.45) is 1.70. The average Bonchev–Trinajstić information content (AvgIpc) is 2.16. The maximum Gasteiger partial charge on any atom is 0.234 e. The van der Waals surface area contributed by atoms with Crippen molar-refractivity contribution < 1.29 is 4.79 Å². The number of hydrogen-bond acceptors (Lipinski definition) is 4. The molecule has 0 aromatic carbocycles. The minimum atomic E-state index is -0.333. The van der Waals surface area contributed by atoms with Gasteiger partial charge in [0.1, 0.15) is 5.82 Å². The van der Waals surface area contributed by atoms with Gasteiger partial charge in [-0.2, -0.15) is 0 Å². The predicted molar refractivity (Wildman–Crippen MR) is 61.4 cm³/mol. The highest BCUT2D eigenvalue weighted by Crippen LogP contribution is 2.02. The first-order valence-corrected chi connectivity index (χ1v) is 5.32. The van der Waals surface area contributed by atoms with Gasteiger partial charge in [-0.05, 0) is 18.9 Å². The zero-order chi connectivity index (χ0) is 12.1. The minimum absolute atomic E-state index is 0.167. The first kappa shape index (κ1) is 12.6. The topological polar surface area (TPSA) is 80.9 Å². The van der Waals surface area contributed by atoms with Gasteiger partial charge in [-0.15, -0.1) is 0 Å². The summed E-state index contributed by atoms with van der Waals surface area (Å²) in [5, 5.41) is 3.10. The molecule has 0 saturated heterocycles. The number of aryl methyl sites for hydroxylation is 1. The molecular weight excluding hydrogens is 204 g/mol. The Morgan fingerprint density at radius 3 is 2.75 bits per heavy atom. The molecule has 1 atom stereocenters. The Labute approximate surface area is 95.5 Å². The van der Waals surface area contributed by atoms with Crippen LogP contribution in [0.1, 0.15) is 25.4 Å². The van der Waals surface area contributed by atoms with E-state index in [4.69, 9.17) is 5.73 Å². The van der Waals surface area contributed by atoms with E-state index in [0.717, 1.165) is 11.5 Å². The second kappa shape index (κ2) is 5.55. The van der Waals surface area contributed by atoms with E-state index in [1.54, 1.807) is 6.20 Å². The van der Waals surface area contributed by atoms with E-state index in [2.05, 4.69) is 15.3 Å². The van der Waals surface area contributed by atoms with Crippen LogP contribution in [0.2, 0.25) is 0 Å². The molecule has 1 unspecified atom stereocenters. The molecule has 0 fully saturated rings. The molecule has 0 saturated carbocycles. The molecule has 5 heteroatoms. The predicted octanol–water partition coefficient (Wildman–Crippen LogP) is 0.385. The van der Waals surface area contributed by atoms with Crippen LogP contribution in [-0.2, 0) is 11.3 Å². The molecule has 0 aliphatic carbocycles. The van der Waals surface area contributed by atoms with Gasteiger partial charge < -0.3 is 5.73 Å². The van der Waals surface area contributed by atoms with Crippen LogP contribution in [0.3, 0.4) is 0 Å². The number of primary amides is 1. The second-order valence-electron chi connectivity index (χ2n) is 4.10. The van der Waals surface area contributed by atoms with E-state index in [-0.39, 0.29) is 17.9 Å². The number of nitrogens with zero attached hydrogens (tertiary/aromatic N) is 2. The fourth-order valence-corrected chi connectivity index (χ4v) is 1.48. The Morgan fingerprint density at radius 2 is 2.25 bits per heavy atom. The Morgan fingerprint density at radius 1 is 1.56 bits per heavy atom. The highest BCUT2D eigenvalue weighted by molar-refractivity contribution is 5.80. The van der Waals surface area contributed by atoms with Gasteiger partial charge in [-0.1, -0.05) is 13.8 Å². The van der Waals surface area contributed by atoms with Crippen LogP contribution >= 0.6 is 0 Å². The van der Waals surface area contributed by atoms with Gasteiger partial charge in [-0.25, -0.2) is 9.97 Å². The zero-order valence-corrected chi connectivity index (χ0v) is 9.90. The molecular formula is C11H18N4O. The third kappa shape index (κ3) is 3.58. The fraction of sp³-hybridized carbons (Fsp3) is 0.545. The summed E-state index contributed by atoms with van der Waals surface area (Å²) in [5.74, 6) is 0.556. The molecule has 1 amide bonds. The fourth-order valence-electron chi connectivity index (χ4n) is 1.48. The first-order chi connectivity index (χ1) is 7.50. The normalized spacial score (nSPS) is 12.8. The lowest BCUT2D eigenvalue weighted by Crippen LogP contribution is -2.44. The van der Waals surface area contributed by atoms with Crippen molar-refractivity contribution in [3.05, 3.63) is 23.8 Å². The molecule has 88 valence electrons. The van der Waals surface area contributed by atoms with Gasteiger partial charge in [0.25, 0.3) is 0 Å². The molecule has 1 aromatic rings. The van der Waals surface area contributed by atoms with Gasteiger partial charge in [0.15, 0.2) is 0 Å². The van der Waals surface area contributed by atoms with Crippen molar-refractivity contribution in [3.63, 3.8) is 0 Å². The van der Waals surface area contributed by atoms with E-state index in [1.807, 2.05) is 26.8 Å². The number of amides is 1. The summed E-state index contributed by atoms with van der Waals surface area (Å²) in [4.78, 5) is 19.4. The number of rotatable bonds is 5. The summed E-state index contributed by atoms with van der Waals surface area (Å²) in [6.45, 7) is 6.26. The number of nitrogens with two attached hydrogens (primary N) is 1. The van der Waals surface area contributed by atoms with Gasteiger partial charge in [0, 0.05) is 12.7 Å². The minimum Gasteiger partial charge on any atom is -0.368 e. The maximum atomic E-state index is 11.2. The van der Waals surface area contributed by atoms with Crippen molar-refractivity contribution in [2.45, 2.75) is 33.4 Å². The van der Waals surface area contributed by atoms with Crippen LogP contribution in [0.15, 0.2) is 12.3 Å². The van der Waals surface area contributed by atoms with Crippen molar-refractivity contribution in [1.29, 1.82) is 0 Å². The molecule has 16 heavy (non-hydrogen) atoms. The Bertz CT molecular complexity index is 365. The Kier molecular flexibility index (Phi) is 4.37. The van der Waals surface area contributed by atoms with Crippen molar-refractivity contribution in [2.75, 3.05) is 0 Å². The highest BCUT2D eigenvalue weighted by Gasteiger charge is 2.18. The van der Waals surface area contributed by atoms with Crippen LogP contribution < -0.4 is 11.1 Å². The summed E-state index contributed by atoms with van der Waals surface area (Å²) in [7, 11) is 0. The molecule has 1 rings (SSSR count). The molecule has 0 spiro atoms. The Balaban J connectivity index is 2.59. The third-order valence-electron chi connectivity index (χ3n) is 2.31. The van der Waals surface area contributed by atoms with Crippen molar-refractivity contribution >= 4 is 5.91 Å². The van der Waals surface area contributed by atoms with E-state index in [9.17, 15) is 4.79 Å². The zero-order valence-electron chi connectivity index (χ0n) is 9.90. The molecule has 0 aliphatic rings. The molecule has 1 aromatic heterocycles.